The first-order valence-corrected chi connectivity index (χ1v) is 13.8. The summed E-state index contributed by atoms with van der Waals surface area (Å²) < 4.78 is 5.26. The number of cyclic esters (lactones) is 1. The monoisotopic (exact) mass is 457 g/mol. The summed E-state index contributed by atoms with van der Waals surface area (Å²) in [5.41, 5.74) is 0.697. The highest BCUT2D eigenvalue weighted by Gasteiger charge is 2.67. The Kier molecular flexibility index (Phi) is 5.33. The van der Waals surface area contributed by atoms with Crippen molar-refractivity contribution < 1.29 is 19.7 Å². The molecule has 2 N–H and O–H groups in total. The summed E-state index contributed by atoms with van der Waals surface area (Å²) in [5, 5.41) is 22.6. The minimum Gasteiger partial charge on any atom is -0.458 e. The van der Waals surface area contributed by atoms with Crippen molar-refractivity contribution in [2.45, 2.75) is 102 Å². The lowest BCUT2D eigenvalue weighted by molar-refractivity contribution is -0.207. The molecule has 4 aliphatic carbocycles. The number of fused-ring (bicyclic) bond motifs is 5. The Hall–Kier alpha value is -0.910. The maximum absolute atomic E-state index is 12.4. The van der Waals surface area contributed by atoms with E-state index in [0.717, 1.165) is 63.1 Å². The summed E-state index contributed by atoms with van der Waals surface area (Å²) in [5.74, 6) is 1.81. The van der Waals surface area contributed by atoms with E-state index in [-0.39, 0.29) is 23.4 Å². The van der Waals surface area contributed by atoms with Crippen LogP contribution in [0.2, 0.25) is 0 Å². The summed E-state index contributed by atoms with van der Waals surface area (Å²) in [4.78, 5) is 14.4. The Labute approximate surface area is 198 Å². The van der Waals surface area contributed by atoms with Gasteiger partial charge in [-0.25, -0.2) is 4.79 Å². The summed E-state index contributed by atoms with van der Waals surface area (Å²) in [6.45, 7) is 7.31. The molecule has 2 aliphatic heterocycles. The molecule has 6 rings (SSSR count). The van der Waals surface area contributed by atoms with Gasteiger partial charge in [0.05, 0.1) is 11.7 Å². The number of nitrogens with zero attached hydrogens (tertiary/aromatic N) is 1. The maximum atomic E-state index is 12.4. The number of rotatable bonds is 2. The lowest BCUT2D eigenvalue weighted by Crippen LogP contribution is -2.63. The molecule has 0 aromatic carbocycles. The average Bonchev–Trinajstić information content (AvgIpc) is 3.33. The minimum absolute atomic E-state index is 0.140. The van der Waals surface area contributed by atoms with Gasteiger partial charge in [0.1, 0.15) is 6.61 Å². The van der Waals surface area contributed by atoms with Crippen LogP contribution in [0.1, 0.15) is 84.5 Å². The van der Waals surface area contributed by atoms with Gasteiger partial charge in [0.15, 0.2) is 0 Å². The molecule has 9 atom stereocenters. The fraction of sp³-hybridized carbons (Fsp3) is 0.893. The number of aliphatic hydroxyl groups excluding tert-OH is 1. The molecule has 0 bridgehead atoms. The van der Waals surface area contributed by atoms with E-state index in [4.69, 9.17) is 4.74 Å². The van der Waals surface area contributed by atoms with Gasteiger partial charge in [0.25, 0.3) is 0 Å². The zero-order chi connectivity index (χ0) is 23.0. The molecular formula is C28H43NO4. The largest absolute Gasteiger partial charge is 0.458 e. The van der Waals surface area contributed by atoms with Gasteiger partial charge in [-0.3, -0.25) is 4.90 Å². The number of carbonyl (C=O) groups excluding carboxylic acids is 1. The van der Waals surface area contributed by atoms with E-state index >= 15 is 0 Å². The number of piperidine rings is 1. The van der Waals surface area contributed by atoms with Gasteiger partial charge in [-0.1, -0.05) is 13.8 Å². The molecule has 4 saturated carbocycles. The van der Waals surface area contributed by atoms with Crippen molar-refractivity contribution in [3.05, 3.63) is 11.6 Å². The Morgan fingerprint density at radius 3 is 2.64 bits per heavy atom. The van der Waals surface area contributed by atoms with Crippen LogP contribution >= 0.6 is 0 Å². The fourth-order valence-electron chi connectivity index (χ4n) is 10.0. The van der Waals surface area contributed by atoms with Gasteiger partial charge in [0.2, 0.25) is 0 Å². The minimum atomic E-state index is -0.616. The fourth-order valence-corrected chi connectivity index (χ4v) is 10.0. The van der Waals surface area contributed by atoms with Crippen molar-refractivity contribution in [1.82, 2.24) is 4.90 Å². The second-order valence-electron chi connectivity index (χ2n) is 13.0. The Morgan fingerprint density at radius 1 is 1.03 bits per heavy atom. The van der Waals surface area contributed by atoms with E-state index in [9.17, 15) is 15.0 Å². The van der Waals surface area contributed by atoms with Gasteiger partial charge < -0.3 is 14.9 Å². The molecule has 0 amide bonds. The predicted molar refractivity (Wildman–Crippen MR) is 126 cm³/mol. The van der Waals surface area contributed by atoms with Crippen LogP contribution in [0.5, 0.6) is 0 Å². The first kappa shape index (κ1) is 22.5. The van der Waals surface area contributed by atoms with E-state index < -0.39 is 5.60 Å². The standard InChI is InChI=1S/C28H43NO4/c1-26-10-7-20(29-13-3-4-21(30)16-29)15-19(26)5-6-24-23(26)8-11-27(2)22(9-12-28(24,27)32)18-14-25(31)33-17-18/h14,19-24,30,32H,3-13,15-17H2,1-2H3/t19-,20+,21?,22-,23+,24-,26+,27-,28+/m1/s1. The van der Waals surface area contributed by atoms with Gasteiger partial charge in [0, 0.05) is 24.1 Å². The normalized spacial score (nSPS) is 52.5. The number of hydrogen-bond acceptors (Lipinski definition) is 5. The molecule has 2 heterocycles. The lowest BCUT2D eigenvalue weighted by Gasteiger charge is -2.64. The van der Waals surface area contributed by atoms with Gasteiger partial charge in [-0.05, 0) is 112 Å². The Morgan fingerprint density at radius 2 is 1.88 bits per heavy atom. The first-order chi connectivity index (χ1) is 15.7. The van der Waals surface area contributed by atoms with Crippen molar-refractivity contribution in [1.29, 1.82) is 0 Å². The number of hydrogen-bond donors (Lipinski definition) is 2. The highest BCUT2D eigenvalue weighted by atomic mass is 16.5. The molecular weight excluding hydrogens is 414 g/mol. The molecule has 0 aromatic rings. The van der Waals surface area contributed by atoms with E-state index in [0.29, 0.717) is 29.9 Å². The predicted octanol–water partition coefficient (Wildman–Crippen LogP) is 4.07. The highest BCUT2D eigenvalue weighted by molar-refractivity contribution is 5.85. The van der Waals surface area contributed by atoms with Crippen molar-refractivity contribution >= 4 is 5.97 Å². The Balaban J connectivity index is 1.22. The number of aliphatic hydroxyl groups is 2. The number of β-amino-alcohol motifs (C(OH)–C–C–N with tert-alkyl or cyclic N) is 1. The topological polar surface area (TPSA) is 70.0 Å². The van der Waals surface area contributed by atoms with Crippen molar-refractivity contribution in [3.63, 3.8) is 0 Å². The molecule has 184 valence electrons. The van der Waals surface area contributed by atoms with E-state index in [1.165, 1.54) is 32.1 Å². The third-order valence-corrected chi connectivity index (χ3v) is 11.9. The van der Waals surface area contributed by atoms with Crippen LogP contribution in [0.15, 0.2) is 11.6 Å². The molecule has 5 heteroatoms. The van der Waals surface area contributed by atoms with Crippen molar-refractivity contribution in [3.8, 4) is 0 Å². The molecule has 0 aromatic heterocycles. The van der Waals surface area contributed by atoms with Crippen LogP contribution in [0, 0.1) is 34.5 Å². The van der Waals surface area contributed by atoms with Crippen LogP contribution in [0.25, 0.3) is 0 Å². The zero-order valence-corrected chi connectivity index (χ0v) is 20.6. The molecule has 0 spiro atoms. The number of esters is 1. The molecule has 6 aliphatic rings. The smallest absolute Gasteiger partial charge is 0.331 e. The van der Waals surface area contributed by atoms with E-state index in [1.807, 2.05) is 0 Å². The summed E-state index contributed by atoms with van der Waals surface area (Å²) >= 11 is 0. The first-order valence-electron chi connectivity index (χ1n) is 13.8. The number of ether oxygens (including phenoxy) is 1. The van der Waals surface area contributed by atoms with Crippen LogP contribution in [0.4, 0.5) is 0 Å². The Bertz CT molecular complexity index is 842. The van der Waals surface area contributed by atoms with Crippen molar-refractivity contribution in [2.75, 3.05) is 19.7 Å². The summed E-state index contributed by atoms with van der Waals surface area (Å²) in [6.07, 6.45) is 14.0. The molecule has 5 nitrogen and oxygen atoms in total. The van der Waals surface area contributed by atoms with Crippen LogP contribution in [-0.2, 0) is 9.53 Å². The maximum Gasteiger partial charge on any atom is 0.331 e. The van der Waals surface area contributed by atoms with Crippen LogP contribution in [-0.4, -0.2) is 58.5 Å². The molecule has 1 saturated heterocycles. The zero-order valence-electron chi connectivity index (χ0n) is 20.6. The average molecular weight is 458 g/mol. The van der Waals surface area contributed by atoms with E-state index in [1.54, 1.807) is 6.08 Å². The second kappa shape index (κ2) is 7.80. The van der Waals surface area contributed by atoms with E-state index in [2.05, 4.69) is 18.7 Å². The third kappa shape index (κ3) is 3.24. The number of carbonyl (C=O) groups is 1. The highest BCUT2D eigenvalue weighted by Crippen LogP contribution is 2.70. The lowest BCUT2D eigenvalue weighted by atomic mass is 9.43. The van der Waals surface area contributed by atoms with Crippen LogP contribution in [0.3, 0.4) is 0 Å². The molecule has 33 heavy (non-hydrogen) atoms. The molecule has 5 fully saturated rings. The van der Waals surface area contributed by atoms with Crippen molar-refractivity contribution in [2.24, 2.45) is 34.5 Å². The number of likely N-dealkylation sites (tertiary alicyclic amines) is 1. The quantitative estimate of drug-likeness (QED) is 0.612. The van der Waals surface area contributed by atoms with Gasteiger partial charge in [-0.2, -0.15) is 0 Å². The van der Waals surface area contributed by atoms with Crippen LogP contribution < -0.4 is 0 Å². The molecule has 0 radical (unpaired) electrons. The van der Waals surface area contributed by atoms with Gasteiger partial charge >= 0.3 is 5.97 Å². The van der Waals surface area contributed by atoms with Gasteiger partial charge in [-0.15, -0.1) is 0 Å². The third-order valence-electron chi connectivity index (χ3n) is 11.9. The second-order valence-corrected chi connectivity index (χ2v) is 13.0. The summed E-state index contributed by atoms with van der Waals surface area (Å²) in [7, 11) is 0. The summed E-state index contributed by atoms with van der Waals surface area (Å²) in [6, 6.07) is 0.634. The molecule has 1 unspecified atom stereocenters. The SMILES string of the molecule is C[C@]12CC[C@H](N3CCCC(O)C3)C[C@H]1CC[C@@H]1[C@@H]2CC[C@]2(C)[C@@H](C3=CC(=O)OC3)CC[C@]12O.